The minimum Gasteiger partial charge on any atom is -0.324 e. The number of nitrogens with one attached hydrogen (secondary N) is 1. The number of likely N-dealkylation sites (N-methyl/N-ethyl adjacent to an activating group) is 1. The van der Waals surface area contributed by atoms with Crippen molar-refractivity contribution in [1.82, 2.24) is 5.32 Å². The summed E-state index contributed by atoms with van der Waals surface area (Å²) in [7, 11) is 8.19. The highest BCUT2D eigenvalue weighted by Crippen LogP contribution is 2.09. The van der Waals surface area contributed by atoms with Crippen molar-refractivity contribution in [2.75, 3.05) is 33.7 Å². The van der Waals surface area contributed by atoms with Crippen molar-refractivity contribution in [2.45, 2.75) is 64.0 Å². The fraction of sp³-hybridized carbons (Fsp3) is 0.714. The number of quaternary nitrogens is 1. The summed E-state index contributed by atoms with van der Waals surface area (Å²) in [6.45, 7) is 4.58. The molecule has 0 spiro atoms. The van der Waals surface area contributed by atoms with E-state index in [1.54, 1.807) is 0 Å². The smallest absolute Gasteiger partial charge is 0.104 e. The largest absolute Gasteiger partial charge is 0.324 e. The zero-order valence-corrected chi connectivity index (χ0v) is 17.0. The van der Waals surface area contributed by atoms with E-state index in [0.29, 0.717) is 0 Å². The Balaban J connectivity index is 1.92. The molecular formula is C21H38N2Si+. The Morgan fingerprint density at radius 1 is 0.792 bits per heavy atom. The molecule has 1 N–H and O–H groups in total. The van der Waals surface area contributed by atoms with Gasteiger partial charge in [0.25, 0.3) is 0 Å². The normalized spacial score (nSPS) is 11.8. The number of benzene rings is 1. The Kier molecular flexibility index (Phi) is 12.1. The highest BCUT2D eigenvalue weighted by atomic mass is 28.1. The molecular weight excluding hydrogens is 308 g/mol. The Morgan fingerprint density at radius 3 is 2.00 bits per heavy atom. The lowest BCUT2D eigenvalue weighted by molar-refractivity contribution is -0.902. The molecule has 0 saturated heterocycles. The van der Waals surface area contributed by atoms with Gasteiger partial charge in [0.15, 0.2) is 0 Å². The topological polar surface area (TPSA) is 12.0 Å². The van der Waals surface area contributed by atoms with Gasteiger partial charge in [-0.1, -0.05) is 81.3 Å². The van der Waals surface area contributed by atoms with Crippen LogP contribution in [-0.4, -0.2) is 48.5 Å². The van der Waals surface area contributed by atoms with Crippen LogP contribution in [0.3, 0.4) is 0 Å². The second kappa shape index (κ2) is 13.6. The molecule has 0 aliphatic rings. The fourth-order valence-corrected chi connectivity index (χ4v) is 3.35. The SMILES string of the molecule is C[N+](C)(CCNCCCCCCCCCC[Si])Cc1ccccc1. The first-order chi connectivity index (χ1) is 11.6. The van der Waals surface area contributed by atoms with E-state index in [-0.39, 0.29) is 0 Å². The third kappa shape index (κ3) is 11.8. The Bertz CT molecular complexity index is 392. The van der Waals surface area contributed by atoms with Crippen LogP contribution in [0.2, 0.25) is 6.04 Å². The lowest BCUT2D eigenvalue weighted by atomic mass is 10.1. The van der Waals surface area contributed by atoms with Gasteiger partial charge in [0, 0.05) is 22.4 Å². The molecule has 0 aliphatic heterocycles. The van der Waals surface area contributed by atoms with Crippen LogP contribution in [0.15, 0.2) is 30.3 Å². The average Bonchev–Trinajstić information content (AvgIpc) is 2.56. The molecule has 0 saturated carbocycles. The van der Waals surface area contributed by atoms with Crippen molar-refractivity contribution in [2.24, 2.45) is 0 Å². The van der Waals surface area contributed by atoms with Crippen LogP contribution in [0, 0.1) is 0 Å². The molecule has 0 amide bonds. The quantitative estimate of drug-likeness (QED) is 0.279. The van der Waals surface area contributed by atoms with Crippen LogP contribution in [0.4, 0.5) is 0 Å². The molecule has 0 fully saturated rings. The first-order valence-corrected chi connectivity index (χ1v) is 10.6. The molecule has 0 aromatic heterocycles. The molecule has 0 aliphatic carbocycles. The summed E-state index contributed by atoms with van der Waals surface area (Å²) in [5.41, 5.74) is 1.43. The van der Waals surface area contributed by atoms with Crippen molar-refractivity contribution in [3.8, 4) is 0 Å². The summed E-state index contributed by atoms with van der Waals surface area (Å²) in [5.74, 6) is 0. The summed E-state index contributed by atoms with van der Waals surface area (Å²) < 4.78 is 1.05. The molecule has 0 atom stereocenters. The molecule has 135 valence electrons. The highest BCUT2D eigenvalue weighted by Gasteiger charge is 2.14. The zero-order valence-electron chi connectivity index (χ0n) is 16.0. The summed E-state index contributed by atoms with van der Waals surface area (Å²) in [6.07, 6.45) is 11.1. The predicted octanol–water partition coefficient (Wildman–Crippen LogP) is 4.56. The van der Waals surface area contributed by atoms with Crippen molar-refractivity contribution in [3.05, 3.63) is 35.9 Å². The van der Waals surface area contributed by atoms with Gasteiger partial charge < -0.3 is 9.80 Å². The molecule has 0 heterocycles. The van der Waals surface area contributed by atoms with Gasteiger partial charge in [-0.15, -0.1) is 0 Å². The summed E-state index contributed by atoms with van der Waals surface area (Å²) in [6, 6.07) is 12.0. The second-order valence-corrected chi connectivity index (χ2v) is 8.13. The first kappa shape index (κ1) is 21.4. The highest BCUT2D eigenvalue weighted by molar-refractivity contribution is 6.08. The third-order valence-electron chi connectivity index (χ3n) is 4.63. The van der Waals surface area contributed by atoms with Crippen LogP contribution < -0.4 is 5.32 Å². The summed E-state index contributed by atoms with van der Waals surface area (Å²) in [5, 5.41) is 3.63. The van der Waals surface area contributed by atoms with Crippen molar-refractivity contribution in [1.29, 1.82) is 0 Å². The molecule has 1 aromatic carbocycles. The molecule has 3 radical (unpaired) electrons. The van der Waals surface area contributed by atoms with Crippen LogP contribution in [0.1, 0.15) is 56.9 Å². The van der Waals surface area contributed by atoms with E-state index in [1.165, 1.54) is 70.0 Å². The number of hydrogen-bond donors (Lipinski definition) is 1. The van der Waals surface area contributed by atoms with Crippen LogP contribution >= 0.6 is 0 Å². The van der Waals surface area contributed by atoms with Gasteiger partial charge in [0.1, 0.15) is 6.54 Å². The van der Waals surface area contributed by atoms with E-state index >= 15 is 0 Å². The van der Waals surface area contributed by atoms with Crippen LogP contribution in [-0.2, 0) is 6.54 Å². The number of rotatable bonds is 15. The molecule has 2 nitrogen and oxygen atoms in total. The van der Waals surface area contributed by atoms with Gasteiger partial charge in [0.05, 0.1) is 20.6 Å². The second-order valence-electron chi connectivity index (χ2n) is 7.63. The standard InChI is InChI=1S/C21H38N2Si/c1-23(2,20-21-14-10-9-11-15-21)18-17-22-16-12-7-5-3-4-6-8-13-19-24/h9-11,14-15,22H,3-8,12-13,16-20H2,1-2H3/q+1. The minimum absolute atomic E-state index is 1.05. The van der Waals surface area contributed by atoms with E-state index in [2.05, 4.69) is 60.0 Å². The maximum Gasteiger partial charge on any atom is 0.104 e. The lowest BCUT2D eigenvalue weighted by Crippen LogP contribution is -2.43. The van der Waals surface area contributed by atoms with Gasteiger partial charge in [-0.2, -0.15) is 0 Å². The average molecular weight is 347 g/mol. The molecule has 0 unspecified atom stereocenters. The number of nitrogens with zero attached hydrogens (tertiary/aromatic N) is 1. The van der Waals surface area contributed by atoms with Crippen molar-refractivity contribution < 1.29 is 4.48 Å². The minimum atomic E-state index is 1.05. The van der Waals surface area contributed by atoms with Crippen molar-refractivity contribution in [3.63, 3.8) is 0 Å². The lowest BCUT2D eigenvalue weighted by Gasteiger charge is -2.30. The van der Waals surface area contributed by atoms with E-state index in [1.807, 2.05) is 0 Å². The molecule has 1 rings (SSSR count). The van der Waals surface area contributed by atoms with E-state index in [4.69, 9.17) is 0 Å². The molecule has 0 bridgehead atoms. The summed E-state index contributed by atoms with van der Waals surface area (Å²) >= 11 is 0. The fourth-order valence-electron chi connectivity index (χ4n) is 3.10. The van der Waals surface area contributed by atoms with Gasteiger partial charge in [-0.05, 0) is 13.0 Å². The van der Waals surface area contributed by atoms with Gasteiger partial charge in [0.2, 0.25) is 0 Å². The first-order valence-electron chi connectivity index (χ1n) is 9.85. The van der Waals surface area contributed by atoms with Gasteiger partial charge in [-0.25, -0.2) is 0 Å². The maximum atomic E-state index is 3.63. The summed E-state index contributed by atoms with van der Waals surface area (Å²) in [4.78, 5) is 0. The van der Waals surface area contributed by atoms with Crippen LogP contribution in [0.25, 0.3) is 0 Å². The predicted molar refractivity (Wildman–Crippen MR) is 107 cm³/mol. The van der Waals surface area contributed by atoms with Crippen molar-refractivity contribution >= 4 is 10.2 Å². The van der Waals surface area contributed by atoms with E-state index in [0.717, 1.165) is 23.6 Å². The Hall–Kier alpha value is -0.643. The maximum absolute atomic E-state index is 3.63. The van der Waals surface area contributed by atoms with E-state index < -0.39 is 0 Å². The Morgan fingerprint density at radius 2 is 1.38 bits per heavy atom. The number of hydrogen-bond acceptors (Lipinski definition) is 1. The molecule has 24 heavy (non-hydrogen) atoms. The molecule has 1 aromatic rings. The number of unbranched alkanes of at least 4 members (excludes halogenated alkanes) is 7. The van der Waals surface area contributed by atoms with Gasteiger partial charge in [-0.3, -0.25) is 0 Å². The Labute approximate surface area is 154 Å². The monoisotopic (exact) mass is 346 g/mol. The van der Waals surface area contributed by atoms with Gasteiger partial charge >= 0.3 is 0 Å². The zero-order chi connectivity index (χ0) is 17.5. The third-order valence-corrected chi connectivity index (χ3v) is 4.98. The van der Waals surface area contributed by atoms with E-state index in [9.17, 15) is 0 Å². The molecule has 3 heteroatoms. The van der Waals surface area contributed by atoms with Crippen LogP contribution in [0.5, 0.6) is 0 Å².